The molecule has 1 saturated heterocycles. The number of alkyl halides is 3. The van der Waals surface area contributed by atoms with Gasteiger partial charge in [0.2, 0.25) is 0 Å². The van der Waals surface area contributed by atoms with Crippen molar-refractivity contribution in [3.8, 4) is 0 Å². The fourth-order valence-corrected chi connectivity index (χ4v) is 2.52. The number of hydrogen-bond donors (Lipinski definition) is 0. The Morgan fingerprint density at radius 2 is 1.78 bits per heavy atom. The highest BCUT2D eigenvalue weighted by Gasteiger charge is 2.32. The Kier molecular flexibility index (Phi) is 3.95. The molecule has 1 aromatic carbocycles. The third kappa shape index (κ3) is 3.05. The summed E-state index contributed by atoms with van der Waals surface area (Å²) in [6.45, 7) is 4.20. The summed E-state index contributed by atoms with van der Waals surface area (Å²) < 4.78 is 38.4. The van der Waals surface area contributed by atoms with E-state index in [9.17, 15) is 13.2 Å². The van der Waals surface area contributed by atoms with Crippen LogP contribution in [0.25, 0.3) is 0 Å². The first-order valence-corrected chi connectivity index (χ1v) is 6.36. The van der Waals surface area contributed by atoms with Gasteiger partial charge < -0.3 is 0 Å². The molecule has 0 spiro atoms. The average molecular weight is 257 g/mol. The molecule has 1 aliphatic rings. The Bertz CT molecular complexity index is 406. The number of rotatable bonds is 2. The molecule has 0 unspecified atom stereocenters. The van der Waals surface area contributed by atoms with E-state index in [1.54, 1.807) is 13.0 Å². The monoisotopic (exact) mass is 257 g/mol. The summed E-state index contributed by atoms with van der Waals surface area (Å²) >= 11 is 0. The van der Waals surface area contributed by atoms with Crippen molar-refractivity contribution < 1.29 is 13.2 Å². The van der Waals surface area contributed by atoms with Gasteiger partial charge in [-0.3, -0.25) is 4.90 Å². The molecule has 100 valence electrons. The third-order valence-corrected chi connectivity index (χ3v) is 3.59. The highest BCUT2D eigenvalue weighted by Crippen LogP contribution is 2.33. The fraction of sp³-hybridized carbons (Fsp3) is 0.571. The van der Waals surface area contributed by atoms with Gasteiger partial charge in [0.15, 0.2) is 0 Å². The molecule has 18 heavy (non-hydrogen) atoms. The first-order chi connectivity index (χ1) is 8.48. The Labute approximate surface area is 106 Å². The number of halogens is 3. The normalized spacial score (nSPS) is 18.0. The minimum Gasteiger partial charge on any atom is -0.299 e. The van der Waals surface area contributed by atoms with Crippen LogP contribution >= 0.6 is 0 Å². The van der Waals surface area contributed by atoms with Gasteiger partial charge in [-0.2, -0.15) is 13.2 Å². The largest absolute Gasteiger partial charge is 0.416 e. The number of nitrogens with zero attached hydrogens (tertiary/aromatic N) is 1. The molecule has 0 aliphatic carbocycles. The lowest BCUT2D eigenvalue weighted by atomic mass is 10.0. The SMILES string of the molecule is Cc1c(CN2CCCCC2)cccc1C(F)(F)F. The summed E-state index contributed by atoms with van der Waals surface area (Å²) in [5.74, 6) is 0. The number of piperidine rings is 1. The van der Waals surface area contributed by atoms with Gasteiger partial charge in [-0.15, -0.1) is 0 Å². The van der Waals surface area contributed by atoms with Gasteiger partial charge in [-0.05, 0) is 50.0 Å². The summed E-state index contributed by atoms with van der Waals surface area (Å²) in [6, 6.07) is 4.48. The Balaban J connectivity index is 2.18. The van der Waals surface area contributed by atoms with Crippen LogP contribution in [0, 0.1) is 6.92 Å². The third-order valence-electron chi connectivity index (χ3n) is 3.59. The zero-order valence-electron chi connectivity index (χ0n) is 10.6. The Morgan fingerprint density at radius 3 is 2.39 bits per heavy atom. The molecule has 0 saturated carbocycles. The summed E-state index contributed by atoms with van der Waals surface area (Å²) in [6.07, 6.45) is -0.712. The number of hydrogen-bond acceptors (Lipinski definition) is 1. The topological polar surface area (TPSA) is 3.24 Å². The molecule has 1 aromatic rings. The van der Waals surface area contributed by atoms with Gasteiger partial charge in [-0.1, -0.05) is 18.6 Å². The summed E-state index contributed by atoms with van der Waals surface area (Å²) in [7, 11) is 0. The van der Waals surface area contributed by atoms with Crippen LogP contribution in [0.3, 0.4) is 0 Å². The van der Waals surface area contributed by atoms with Crippen molar-refractivity contribution in [3.63, 3.8) is 0 Å². The predicted molar refractivity (Wildman–Crippen MR) is 65.3 cm³/mol. The molecule has 1 aliphatic heterocycles. The van der Waals surface area contributed by atoms with Crippen molar-refractivity contribution in [2.45, 2.75) is 38.9 Å². The first-order valence-electron chi connectivity index (χ1n) is 6.36. The van der Waals surface area contributed by atoms with Gasteiger partial charge in [0, 0.05) is 6.54 Å². The van der Waals surface area contributed by atoms with Gasteiger partial charge >= 0.3 is 6.18 Å². The van der Waals surface area contributed by atoms with Gasteiger partial charge in [0.05, 0.1) is 5.56 Å². The lowest BCUT2D eigenvalue weighted by molar-refractivity contribution is -0.138. The van der Waals surface area contributed by atoms with Crippen molar-refractivity contribution in [3.05, 3.63) is 34.9 Å². The van der Waals surface area contributed by atoms with E-state index in [1.807, 2.05) is 0 Å². The van der Waals surface area contributed by atoms with E-state index >= 15 is 0 Å². The van der Waals surface area contributed by atoms with E-state index in [2.05, 4.69) is 4.90 Å². The van der Waals surface area contributed by atoms with Crippen LogP contribution in [0.5, 0.6) is 0 Å². The molecule has 0 atom stereocenters. The second kappa shape index (κ2) is 5.31. The lowest BCUT2D eigenvalue weighted by Crippen LogP contribution is -2.29. The van der Waals surface area contributed by atoms with Crippen molar-refractivity contribution >= 4 is 0 Å². The predicted octanol–water partition coefficient (Wildman–Crippen LogP) is 4.00. The van der Waals surface area contributed by atoms with Gasteiger partial charge in [0.25, 0.3) is 0 Å². The second-order valence-electron chi connectivity index (χ2n) is 4.92. The van der Waals surface area contributed by atoms with E-state index < -0.39 is 11.7 Å². The molecule has 0 bridgehead atoms. The Morgan fingerprint density at radius 1 is 1.11 bits per heavy atom. The Hall–Kier alpha value is -1.03. The molecule has 1 fully saturated rings. The minimum atomic E-state index is -4.25. The van der Waals surface area contributed by atoms with Crippen LogP contribution in [0.15, 0.2) is 18.2 Å². The molecule has 0 radical (unpaired) electrons. The molecule has 1 nitrogen and oxygen atoms in total. The van der Waals surface area contributed by atoms with Crippen LogP contribution in [-0.4, -0.2) is 18.0 Å². The molecule has 0 N–H and O–H groups in total. The maximum atomic E-state index is 12.8. The van der Waals surface area contributed by atoms with E-state index in [0.29, 0.717) is 12.1 Å². The maximum Gasteiger partial charge on any atom is 0.416 e. The molecule has 2 rings (SSSR count). The molecule has 4 heteroatoms. The zero-order chi connectivity index (χ0) is 13.2. The molecular formula is C14H18F3N. The quantitative estimate of drug-likeness (QED) is 0.774. The highest BCUT2D eigenvalue weighted by atomic mass is 19.4. The summed E-state index contributed by atoms with van der Waals surface area (Å²) in [5, 5.41) is 0. The van der Waals surface area contributed by atoms with E-state index in [-0.39, 0.29) is 0 Å². The number of benzene rings is 1. The first kappa shape index (κ1) is 13.4. The highest BCUT2D eigenvalue weighted by molar-refractivity contribution is 5.36. The maximum absolute atomic E-state index is 12.8. The van der Waals surface area contributed by atoms with Crippen LogP contribution in [0.2, 0.25) is 0 Å². The summed E-state index contributed by atoms with van der Waals surface area (Å²) in [5.41, 5.74) is 0.666. The van der Waals surface area contributed by atoms with E-state index in [4.69, 9.17) is 0 Å². The average Bonchev–Trinajstić information content (AvgIpc) is 2.32. The van der Waals surface area contributed by atoms with Crippen molar-refractivity contribution in [1.82, 2.24) is 4.90 Å². The molecule has 0 aromatic heterocycles. The van der Waals surface area contributed by atoms with Gasteiger partial charge in [0.1, 0.15) is 0 Å². The summed E-state index contributed by atoms with van der Waals surface area (Å²) in [4.78, 5) is 2.24. The van der Waals surface area contributed by atoms with Gasteiger partial charge in [-0.25, -0.2) is 0 Å². The van der Waals surface area contributed by atoms with Crippen LogP contribution in [0.1, 0.15) is 36.0 Å². The van der Waals surface area contributed by atoms with E-state index in [0.717, 1.165) is 37.6 Å². The lowest BCUT2D eigenvalue weighted by Gasteiger charge is -2.27. The fourth-order valence-electron chi connectivity index (χ4n) is 2.52. The molecular weight excluding hydrogens is 239 g/mol. The molecule has 1 heterocycles. The van der Waals surface area contributed by atoms with Crippen molar-refractivity contribution in [2.75, 3.05) is 13.1 Å². The number of likely N-dealkylation sites (tertiary alicyclic amines) is 1. The van der Waals surface area contributed by atoms with E-state index in [1.165, 1.54) is 12.5 Å². The van der Waals surface area contributed by atoms with Crippen molar-refractivity contribution in [2.24, 2.45) is 0 Å². The smallest absolute Gasteiger partial charge is 0.299 e. The van der Waals surface area contributed by atoms with Crippen molar-refractivity contribution in [1.29, 1.82) is 0 Å². The molecule has 0 amide bonds. The van der Waals surface area contributed by atoms with Crippen LogP contribution in [-0.2, 0) is 12.7 Å². The minimum absolute atomic E-state index is 0.371. The van der Waals surface area contributed by atoms with Crippen LogP contribution in [0.4, 0.5) is 13.2 Å². The standard InChI is InChI=1S/C14H18F3N/c1-11-12(10-18-8-3-2-4-9-18)6-5-7-13(11)14(15,16)17/h5-7H,2-4,8-10H2,1H3. The second-order valence-corrected chi connectivity index (χ2v) is 4.92. The zero-order valence-corrected chi connectivity index (χ0v) is 10.6. The van der Waals surface area contributed by atoms with Crippen LogP contribution < -0.4 is 0 Å².